The average Bonchev–Trinajstić information content (AvgIpc) is 3.34. The van der Waals surface area contributed by atoms with Crippen LogP contribution in [-0.2, 0) is 7.05 Å². The fourth-order valence-corrected chi connectivity index (χ4v) is 6.15. The quantitative estimate of drug-likeness (QED) is 0.289. The zero-order chi connectivity index (χ0) is 30.4. The van der Waals surface area contributed by atoms with Gasteiger partial charge in [0.25, 0.3) is 5.56 Å². The second kappa shape index (κ2) is 10.9. The van der Waals surface area contributed by atoms with Crippen LogP contribution in [0.3, 0.4) is 0 Å². The highest BCUT2D eigenvalue weighted by Crippen LogP contribution is 2.31. The molecular weight excluding hydrogens is 540 g/mol. The van der Waals surface area contributed by atoms with E-state index in [4.69, 9.17) is 4.98 Å². The molecule has 6 rings (SSSR count). The van der Waals surface area contributed by atoms with E-state index in [2.05, 4.69) is 38.4 Å². The lowest BCUT2D eigenvalue weighted by molar-refractivity contribution is 0.101. The fourth-order valence-electron chi connectivity index (χ4n) is 6.15. The molecule has 1 aliphatic heterocycles. The highest BCUT2D eigenvalue weighted by molar-refractivity contribution is 5.99. The first-order chi connectivity index (χ1) is 20.7. The van der Waals surface area contributed by atoms with Crippen molar-refractivity contribution in [2.45, 2.75) is 33.7 Å². The SMILES string of the molecule is CC(=O)c1ccccc1N[C@H](C)c1cc(C)cn2c(=O)c(C)c(N3CCN(c4cccc5c(C#N)nn(C)c45)CC3)nc12. The molecule has 10 nitrogen and oxygen atoms in total. The minimum atomic E-state index is -0.215. The minimum Gasteiger partial charge on any atom is -0.378 e. The lowest BCUT2D eigenvalue weighted by Crippen LogP contribution is -2.47. The number of nitriles is 1. The van der Waals surface area contributed by atoms with Crippen LogP contribution in [0.15, 0.2) is 59.5 Å². The summed E-state index contributed by atoms with van der Waals surface area (Å²) in [6.07, 6.45) is 1.84. The van der Waals surface area contributed by atoms with Gasteiger partial charge in [0.1, 0.15) is 17.5 Å². The second-order valence-corrected chi connectivity index (χ2v) is 11.2. The van der Waals surface area contributed by atoms with E-state index in [1.165, 1.54) is 0 Å². The van der Waals surface area contributed by atoms with Gasteiger partial charge in [-0.2, -0.15) is 10.4 Å². The monoisotopic (exact) mass is 574 g/mol. The molecule has 43 heavy (non-hydrogen) atoms. The lowest BCUT2D eigenvalue weighted by atomic mass is 10.0. The summed E-state index contributed by atoms with van der Waals surface area (Å²) in [7, 11) is 1.87. The van der Waals surface area contributed by atoms with Crippen molar-refractivity contribution < 1.29 is 4.79 Å². The Bertz CT molecular complexity index is 1990. The standard InChI is InChI=1S/C33H34N8O2/c1-20-17-26(22(3)35-27-11-7-6-9-24(27)23(4)42)32-36-31(21(2)33(43)41(32)19-20)40-15-13-39(14-16-40)29-12-8-10-25-28(18-34)37-38(5)30(25)29/h6-12,17,19,22,35H,13-16H2,1-5H3/t22-/m1/s1. The summed E-state index contributed by atoms with van der Waals surface area (Å²) in [5.74, 6) is 0.678. The van der Waals surface area contributed by atoms with Crippen molar-refractivity contribution in [3.63, 3.8) is 0 Å². The van der Waals surface area contributed by atoms with Crippen LogP contribution in [0, 0.1) is 25.2 Å². The molecule has 1 N–H and O–H groups in total. The van der Waals surface area contributed by atoms with Crippen LogP contribution in [0.25, 0.3) is 16.6 Å². The number of aryl methyl sites for hydroxylation is 2. The maximum Gasteiger partial charge on any atom is 0.262 e. The molecule has 0 saturated carbocycles. The Morgan fingerprint density at radius 2 is 1.77 bits per heavy atom. The van der Waals surface area contributed by atoms with E-state index in [0.717, 1.165) is 46.5 Å². The van der Waals surface area contributed by atoms with E-state index < -0.39 is 0 Å². The first-order valence-corrected chi connectivity index (χ1v) is 14.4. The number of ketones is 1. The van der Waals surface area contributed by atoms with Crippen molar-refractivity contribution in [2.75, 3.05) is 41.3 Å². The van der Waals surface area contributed by atoms with Crippen molar-refractivity contribution in [3.05, 3.63) is 93.0 Å². The molecule has 0 aliphatic carbocycles. The molecule has 1 saturated heterocycles. The smallest absolute Gasteiger partial charge is 0.262 e. The number of benzene rings is 2. The molecule has 5 aromatic rings. The van der Waals surface area contributed by atoms with Crippen LogP contribution >= 0.6 is 0 Å². The first kappa shape index (κ1) is 28.0. The maximum atomic E-state index is 13.7. The third-order valence-corrected chi connectivity index (χ3v) is 8.30. The molecular formula is C33H34N8O2. The van der Waals surface area contributed by atoms with Gasteiger partial charge in [0, 0.05) is 61.6 Å². The number of fused-ring (bicyclic) bond motifs is 2. The topological polar surface area (TPSA) is 112 Å². The Kier molecular flexibility index (Phi) is 7.10. The van der Waals surface area contributed by atoms with E-state index in [1.54, 1.807) is 16.0 Å². The molecule has 3 aromatic heterocycles. The number of carbonyl (C=O) groups excluding carboxylic acids is 1. The first-order valence-electron chi connectivity index (χ1n) is 14.4. The van der Waals surface area contributed by atoms with E-state index in [9.17, 15) is 14.9 Å². The summed E-state index contributed by atoms with van der Waals surface area (Å²) in [4.78, 5) is 35.5. The number of nitrogens with one attached hydrogen (secondary N) is 1. The summed E-state index contributed by atoms with van der Waals surface area (Å²) >= 11 is 0. The number of carbonyl (C=O) groups is 1. The van der Waals surface area contributed by atoms with Crippen LogP contribution < -0.4 is 20.7 Å². The predicted octanol–water partition coefficient (Wildman–Crippen LogP) is 4.77. The molecule has 1 fully saturated rings. The molecule has 0 bridgehead atoms. The van der Waals surface area contributed by atoms with Crippen LogP contribution in [0.5, 0.6) is 0 Å². The Balaban J connectivity index is 1.33. The number of piperazine rings is 1. The summed E-state index contributed by atoms with van der Waals surface area (Å²) < 4.78 is 3.42. The number of para-hydroxylation sites is 2. The van der Waals surface area contributed by atoms with Crippen LogP contribution in [0.4, 0.5) is 17.2 Å². The lowest BCUT2D eigenvalue weighted by Gasteiger charge is -2.37. The second-order valence-electron chi connectivity index (χ2n) is 11.2. The largest absolute Gasteiger partial charge is 0.378 e. The third kappa shape index (κ3) is 4.87. The fraction of sp³-hybridized carbons (Fsp3) is 0.303. The molecule has 10 heteroatoms. The van der Waals surface area contributed by atoms with Crippen molar-refractivity contribution in [2.24, 2.45) is 7.05 Å². The van der Waals surface area contributed by atoms with Crippen molar-refractivity contribution in [1.82, 2.24) is 19.2 Å². The molecule has 0 radical (unpaired) electrons. The maximum absolute atomic E-state index is 13.7. The van der Waals surface area contributed by atoms with Crippen LogP contribution in [0.2, 0.25) is 0 Å². The van der Waals surface area contributed by atoms with Gasteiger partial charge in [-0.25, -0.2) is 4.98 Å². The predicted molar refractivity (Wildman–Crippen MR) is 169 cm³/mol. The van der Waals surface area contributed by atoms with E-state index in [1.807, 2.05) is 70.4 Å². The average molecular weight is 575 g/mol. The number of nitrogens with zero attached hydrogens (tertiary/aromatic N) is 7. The van der Waals surface area contributed by atoms with Gasteiger partial charge < -0.3 is 15.1 Å². The number of anilines is 3. The van der Waals surface area contributed by atoms with Gasteiger partial charge in [-0.1, -0.05) is 18.2 Å². The normalized spacial score (nSPS) is 14.2. The molecule has 1 atom stereocenters. The van der Waals surface area contributed by atoms with Crippen molar-refractivity contribution in [1.29, 1.82) is 5.26 Å². The van der Waals surface area contributed by atoms with Crippen molar-refractivity contribution in [3.8, 4) is 6.07 Å². The van der Waals surface area contributed by atoms with Gasteiger partial charge >= 0.3 is 0 Å². The van der Waals surface area contributed by atoms with Crippen molar-refractivity contribution >= 4 is 39.5 Å². The molecule has 4 heterocycles. The Morgan fingerprint density at radius 1 is 1.05 bits per heavy atom. The molecule has 2 aromatic carbocycles. The summed E-state index contributed by atoms with van der Waals surface area (Å²) in [5.41, 5.74) is 6.73. The van der Waals surface area contributed by atoms with E-state index in [-0.39, 0.29) is 17.4 Å². The molecule has 0 spiro atoms. The highest BCUT2D eigenvalue weighted by atomic mass is 16.1. The molecule has 1 aliphatic rings. The number of rotatable bonds is 6. The number of hydrogen-bond acceptors (Lipinski definition) is 8. The van der Waals surface area contributed by atoms with Gasteiger partial charge in [0.15, 0.2) is 11.5 Å². The summed E-state index contributed by atoms with van der Waals surface area (Å²) in [6, 6.07) is 17.5. The molecule has 0 unspecified atom stereocenters. The Labute approximate surface area is 249 Å². The zero-order valence-corrected chi connectivity index (χ0v) is 25.0. The zero-order valence-electron chi connectivity index (χ0n) is 25.0. The summed E-state index contributed by atoms with van der Waals surface area (Å²) in [6.45, 7) is 10.2. The number of aromatic nitrogens is 4. The van der Waals surface area contributed by atoms with Gasteiger partial charge in [0.2, 0.25) is 0 Å². The third-order valence-electron chi connectivity index (χ3n) is 8.30. The Hall–Kier alpha value is -5.17. The Morgan fingerprint density at radius 3 is 2.49 bits per heavy atom. The minimum absolute atomic E-state index is 0.0130. The van der Waals surface area contributed by atoms with Gasteiger partial charge in [-0.15, -0.1) is 0 Å². The van der Waals surface area contributed by atoms with Crippen LogP contribution in [0.1, 0.15) is 52.6 Å². The van der Waals surface area contributed by atoms with Gasteiger partial charge in [-0.3, -0.25) is 18.7 Å². The number of Topliss-reactive ketones (excluding diaryl/α,β-unsaturated/α-hetero) is 1. The molecule has 218 valence electrons. The van der Waals surface area contributed by atoms with Crippen LogP contribution in [-0.4, -0.2) is 51.1 Å². The molecule has 0 amide bonds. The van der Waals surface area contributed by atoms with Gasteiger partial charge in [-0.05, 0) is 63.6 Å². The van der Waals surface area contributed by atoms with Gasteiger partial charge in [0.05, 0.1) is 22.8 Å². The number of pyridine rings is 1. The van der Waals surface area contributed by atoms with E-state index in [0.29, 0.717) is 41.4 Å². The highest BCUT2D eigenvalue weighted by Gasteiger charge is 2.25. The number of hydrogen-bond donors (Lipinski definition) is 1. The van der Waals surface area contributed by atoms with E-state index >= 15 is 0 Å². The summed E-state index contributed by atoms with van der Waals surface area (Å²) in [5, 5.41) is 18.2.